The molecule has 5 N–H and O–H groups in total. The average molecular weight is 385 g/mol. The summed E-state index contributed by atoms with van der Waals surface area (Å²) in [5.74, 6) is 0.287. The fourth-order valence-electron chi connectivity index (χ4n) is 1.98. The van der Waals surface area contributed by atoms with Crippen molar-refractivity contribution in [2.45, 2.75) is 25.7 Å². The predicted molar refractivity (Wildman–Crippen MR) is 104 cm³/mol. The predicted octanol–water partition coefficient (Wildman–Crippen LogP) is 1.11. The highest BCUT2D eigenvalue weighted by Gasteiger charge is 2.04. The Morgan fingerprint density at radius 1 is 1.50 bits per heavy atom. The summed E-state index contributed by atoms with van der Waals surface area (Å²) in [6, 6.07) is 0. The Bertz CT molecular complexity index is 604. The molecule has 1 aromatic rings. The van der Waals surface area contributed by atoms with Gasteiger partial charge in [0.2, 0.25) is 0 Å². The lowest BCUT2D eigenvalue weighted by molar-refractivity contribution is -0.431. The smallest absolute Gasteiger partial charge is 0.331 e. The molecule has 0 aliphatic carbocycles. The first-order valence-electron chi connectivity index (χ1n) is 8.32. The van der Waals surface area contributed by atoms with E-state index in [-0.39, 0.29) is 5.82 Å². The minimum atomic E-state index is -0.462. The third-order valence-electron chi connectivity index (χ3n) is 3.31. The highest BCUT2D eigenvalue weighted by atomic mass is 32.1. The summed E-state index contributed by atoms with van der Waals surface area (Å²) < 4.78 is 4.91. The fraction of sp³-hybridized carbons (Fsp3) is 0.600. The van der Waals surface area contributed by atoms with E-state index in [2.05, 4.69) is 25.9 Å². The SMILES string of the molecule is CNC(=CNCCCCCc1csc(NC(N)=NCCOC)n1)[N+](=O)[O-]. The molecule has 0 saturated carbocycles. The Kier molecular flexibility index (Phi) is 10.7. The summed E-state index contributed by atoms with van der Waals surface area (Å²) in [5, 5.41) is 21.7. The summed E-state index contributed by atoms with van der Waals surface area (Å²) in [5.41, 5.74) is 6.78. The number of aliphatic imine (C=N–C) groups is 1. The van der Waals surface area contributed by atoms with Crippen molar-refractivity contribution >= 4 is 22.4 Å². The van der Waals surface area contributed by atoms with Gasteiger partial charge in [0, 0.05) is 19.0 Å². The van der Waals surface area contributed by atoms with Crippen LogP contribution in [-0.2, 0) is 11.2 Å². The van der Waals surface area contributed by atoms with Gasteiger partial charge in [-0.2, -0.15) is 0 Å². The molecule has 1 heterocycles. The lowest BCUT2D eigenvalue weighted by Crippen LogP contribution is -2.23. The van der Waals surface area contributed by atoms with Crippen LogP contribution in [0.3, 0.4) is 0 Å². The van der Waals surface area contributed by atoms with Crippen molar-refractivity contribution in [2.24, 2.45) is 10.7 Å². The molecule has 0 unspecified atom stereocenters. The number of rotatable bonds is 13. The van der Waals surface area contributed by atoms with E-state index in [1.807, 2.05) is 5.38 Å². The first kappa shape index (κ1) is 21.6. The number of guanidine groups is 1. The van der Waals surface area contributed by atoms with Crippen LogP contribution in [-0.4, -0.2) is 49.7 Å². The molecule has 10 nitrogen and oxygen atoms in total. The van der Waals surface area contributed by atoms with E-state index >= 15 is 0 Å². The van der Waals surface area contributed by atoms with Crippen LogP contribution < -0.4 is 21.7 Å². The third kappa shape index (κ3) is 9.18. The van der Waals surface area contributed by atoms with Gasteiger partial charge in [0.1, 0.15) is 0 Å². The van der Waals surface area contributed by atoms with Crippen molar-refractivity contribution in [3.05, 3.63) is 33.2 Å². The summed E-state index contributed by atoms with van der Waals surface area (Å²) >= 11 is 1.49. The van der Waals surface area contributed by atoms with Crippen LogP contribution in [0.15, 0.2) is 22.4 Å². The number of hydrogen-bond acceptors (Lipinski definition) is 8. The van der Waals surface area contributed by atoms with Crippen molar-refractivity contribution in [2.75, 3.05) is 39.2 Å². The minimum Gasteiger partial charge on any atom is -0.384 e. The number of ether oxygens (including phenoxy) is 1. The number of unbranched alkanes of at least 4 members (excludes halogenated alkanes) is 2. The molecule has 0 fully saturated rings. The molecule has 1 rings (SSSR count). The van der Waals surface area contributed by atoms with E-state index < -0.39 is 4.92 Å². The van der Waals surface area contributed by atoms with Gasteiger partial charge in [-0.25, -0.2) is 4.98 Å². The lowest BCUT2D eigenvalue weighted by Gasteiger charge is -2.03. The van der Waals surface area contributed by atoms with E-state index in [0.29, 0.717) is 25.7 Å². The van der Waals surface area contributed by atoms with Crippen LogP contribution >= 0.6 is 11.3 Å². The molecule has 26 heavy (non-hydrogen) atoms. The molecular weight excluding hydrogens is 358 g/mol. The maximum absolute atomic E-state index is 10.6. The van der Waals surface area contributed by atoms with Gasteiger partial charge in [0.05, 0.1) is 32.1 Å². The van der Waals surface area contributed by atoms with E-state index in [4.69, 9.17) is 10.5 Å². The topological polar surface area (TPSA) is 140 Å². The van der Waals surface area contributed by atoms with Gasteiger partial charge in [0.15, 0.2) is 11.1 Å². The third-order valence-corrected chi connectivity index (χ3v) is 4.12. The monoisotopic (exact) mass is 385 g/mol. The van der Waals surface area contributed by atoms with Crippen molar-refractivity contribution in [1.29, 1.82) is 0 Å². The summed E-state index contributed by atoms with van der Waals surface area (Å²) in [4.78, 5) is 18.7. The largest absolute Gasteiger partial charge is 0.384 e. The van der Waals surface area contributed by atoms with Gasteiger partial charge in [0.25, 0.3) is 0 Å². The van der Waals surface area contributed by atoms with Crippen LogP contribution in [0.4, 0.5) is 5.13 Å². The molecule has 146 valence electrons. The van der Waals surface area contributed by atoms with Crippen LogP contribution in [0.2, 0.25) is 0 Å². The molecule has 0 aromatic carbocycles. The Morgan fingerprint density at radius 3 is 3.00 bits per heavy atom. The van der Waals surface area contributed by atoms with Gasteiger partial charge in [-0.05, 0) is 24.2 Å². The van der Waals surface area contributed by atoms with Crippen molar-refractivity contribution in [3.8, 4) is 0 Å². The summed E-state index contributed by atoms with van der Waals surface area (Å²) in [7, 11) is 3.14. The molecule has 11 heteroatoms. The van der Waals surface area contributed by atoms with Gasteiger partial charge in [-0.15, -0.1) is 11.3 Å². The molecule has 0 bridgehead atoms. The normalized spacial score (nSPS) is 12.1. The Labute approximate surface area is 157 Å². The van der Waals surface area contributed by atoms with Gasteiger partial charge in [-0.1, -0.05) is 6.42 Å². The van der Waals surface area contributed by atoms with Crippen molar-refractivity contribution in [1.82, 2.24) is 15.6 Å². The second kappa shape index (κ2) is 12.9. The molecule has 0 amide bonds. The molecular formula is C15H27N7O3S. The van der Waals surface area contributed by atoms with Crippen LogP contribution in [0.5, 0.6) is 0 Å². The number of hydrogen-bond donors (Lipinski definition) is 4. The highest BCUT2D eigenvalue weighted by Crippen LogP contribution is 2.16. The van der Waals surface area contributed by atoms with E-state index in [0.717, 1.165) is 36.5 Å². The number of aryl methyl sites for hydroxylation is 1. The number of thiazole rings is 1. The van der Waals surface area contributed by atoms with Crippen molar-refractivity contribution < 1.29 is 9.66 Å². The number of aromatic nitrogens is 1. The number of anilines is 1. The summed E-state index contributed by atoms with van der Waals surface area (Å²) in [6.07, 6.45) is 5.21. The zero-order valence-electron chi connectivity index (χ0n) is 15.2. The molecule has 0 radical (unpaired) electrons. The van der Waals surface area contributed by atoms with Gasteiger partial charge >= 0.3 is 5.82 Å². The average Bonchev–Trinajstić information content (AvgIpc) is 3.04. The first-order chi connectivity index (χ1) is 12.6. The van der Waals surface area contributed by atoms with E-state index in [1.165, 1.54) is 24.6 Å². The number of methoxy groups -OCH3 is 1. The molecule has 0 spiro atoms. The molecule has 0 saturated heterocycles. The maximum Gasteiger partial charge on any atom is 0.331 e. The minimum absolute atomic E-state index is 0.0439. The van der Waals surface area contributed by atoms with Gasteiger partial charge in [-0.3, -0.25) is 10.3 Å². The highest BCUT2D eigenvalue weighted by molar-refractivity contribution is 7.13. The number of nitrogens with zero attached hydrogens (tertiary/aromatic N) is 3. The van der Waals surface area contributed by atoms with Crippen LogP contribution in [0, 0.1) is 10.1 Å². The maximum atomic E-state index is 10.6. The molecule has 0 aliphatic rings. The van der Waals surface area contributed by atoms with Crippen LogP contribution in [0.25, 0.3) is 0 Å². The number of nitro groups is 1. The standard InChI is InChI=1S/C15H27N7O3S/c1-17-13(22(23)24)10-18-7-5-3-4-6-12-11-26-15(20-12)21-14(16)19-8-9-25-2/h10-11,17-18H,3-9H2,1-2H3,(H3,16,19,20,21). The molecule has 0 aliphatic heterocycles. The zero-order valence-corrected chi connectivity index (χ0v) is 16.0. The first-order valence-corrected chi connectivity index (χ1v) is 9.20. The van der Waals surface area contributed by atoms with Crippen molar-refractivity contribution in [3.63, 3.8) is 0 Å². The summed E-state index contributed by atoms with van der Waals surface area (Å²) in [6.45, 7) is 1.73. The Hall–Kier alpha value is -2.40. The molecule has 1 aromatic heterocycles. The Balaban J connectivity index is 2.20. The van der Waals surface area contributed by atoms with Gasteiger partial charge < -0.3 is 31.2 Å². The lowest BCUT2D eigenvalue weighted by atomic mass is 10.1. The zero-order chi connectivity index (χ0) is 19.2. The molecule has 0 atom stereocenters. The second-order valence-corrected chi connectivity index (χ2v) is 6.19. The van der Waals surface area contributed by atoms with E-state index in [9.17, 15) is 10.1 Å². The van der Waals surface area contributed by atoms with Crippen LogP contribution in [0.1, 0.15) is 25.0 Å². The fourth-order valence-corrected chi connectivity index (χ4v) is 2.73. The second-order valence-electron chi connectivity index (χ2n) is 5.33. The number of nitrogens with two attached hydrogens (primary N) is 1. The van der Waals surface area contributed by atoms with E-state index in [1.54, 1.807) is 7.11 Å². The quantitative estimate of drug-likeness (QED) is 0.130. The Morgan fingerprint density at radius 2 is 2.31 bits per heavy atom. The number of nitrogens with one attached hydrogen (secondary N) is 3.